The van der Waals surface area contributed by atoms with E-state index >= 15 is 0 Å². The van der Waals surface area contributed by atoms with Crippen LogP contribution in [0.5, 0.6) is 0 Å². The average molecular weight is 477 g/mol. The van der Waals surface area contributed by atoms with Crippen LogP contribution in [0, 0.1) is 5.92 Å². The Morgan fingerprint density at radius 2 is 1.97 bits per heavy atom. The summed E-state index contributed by atoms with van der Waals surface area (Å²) in [7, 11) is 0. The lowest BCUT2D eigenvalue weighted by Gasteiger charge is -2.32. The molecule has 10 nitrogen and oxygen atoms in total. The second-order valence-corrected chi connectivity index (χ2v) is 9.23. The molecule has 0 unspecified atom stereocenters. The summed E-state index contributed by atoms with van der Waals surface area (Å²) in [5, 5.41) is 12.4. The van der Waals surface area contributed by atoms with E-state index in [0.717, 1.165) is 62.2 Å². The predicted molar refractivity (Wildman–Crippen MR) is 130 cm³/mol. The minimum absolute atomic E-state index is 0.352. The highest BCUT2D eigenvalue weighted by atomic mass is 32.2. The summed E-state index contributed by atoms with van der Waals surface area (Å²) >= 11 is 0.889. The molecule has 2 saturated heterocycles. The smallest absolute Gasteiger partial charge is 0.290 e. The monoisotopic (exact) mass is 476 g/mol. The van der Waals surface area contributed by atoms with Gasteiger partial charge < -0.3 is 10.2 Å². The van der Waals surface area contributed by atoms with Crippen molar-refractivity contribution in [3.8, 4) is 11.4 Å². The van der Waals surface area contributed by atoms with Gasteiger partial charge in [0.25, 0.3) is 11.1 Å². The van der Waals surface area contributed by atoms with E-state index in [9.17, 15) is 9.59 Å². The summed E-state index contributed by atoms with van der Waals surface area (Å²) in [6, 6.07) is 7.75. The molecule has 3 aromatic rings. The molecule has 0 atom stereocenters. The van der Waals surface area contributed by atoms with Crippen LogP contribution in [0.3, 0.4) is 0 Å². The van der Waals surface area contributed by atoms with E-state index in [4.69, 9.17) is 0 Å². The van der Waals surface area contributed by atoms with Gasteiger partial charge in [-0.25, -0.2) is 9.97 Å². The summed E-state index contributed by atoms with van der Waals surface area (Å²) in [4.78, 5) is 39.0. The fraction of sp³-hybridized carbons (Fsp3) is 0.304. The van der Waals surface area contributed by atoms with Crippen LogP contribution in [-0.2, 0) is 11.3 Å². The van der Waals surface area contributed by atoms with E-state index in [0.29, 0.717) is 22.5 Å². The molecule has 0 aliphatic carbocycles. The number of thioether (sulfide) groups is 1. The quantitative estimate of drug-likeness (QED) is 0.441. The minimum Gasteiger partial charge on any atom is -0.341 e. The highest BCUT2D eigenvalue weighted by Gasteiger charge is 2.25. The average Bonchev–Trinajstić information content (AvgIpc) is 3.50. The van der Waals surface area contributed by atoms with Crippen molar-refractivity contribution in [2.24, 2.45) is 5.92 Å². The Balaban J connectivity index is 1.11. The van der Waals surface area contributed by atoms with Crippen LogP contribution < -0.4 is 15.5 Å². The van der Waals surface area contributed by atoms with Crippen LogP contribution in [-0.4, -0.2) is 55.9 Å². The largest absolute Gasteiger partial charge is 0.341 e. The number of hydrogen-bond donors (Lipinski definition) is 3. The fourth-order valence-electron chi connectivity index (χ4n) is 4.04. The van der Waals surface area contributed by atoms with E-state index in [1.165, 1.54) is 5.56 Å². The molecular formula is C23H24N8O2S. The van der Waals surface area contributed by atoms with Gasteiger partial charge in [-0.1, -0.05) is 0 Å². The number of nitrogens with zero attached hydrogens (tertiary/aromatic N) is 5. The van der Waals surface area contributed by atoms with Crippen molar-refractivity contribution in [1.82, 2.24) is 35.8 Å². The molecule has 0 spiro atoms. The van der Waals surface area contributed by atoms with Gasteiger partial charge in [-0.2, -0.15) is 5.10 Å². The van der Waals surface area contributed by atoms with Gasteiger partial charge in [0.05, 0.1) is 22.0 Å². The number of rotatable bonds is 7. The molecule has 174 valence electrons. The first-order chi connectivity index (χ1) is 16.6. The molecule has 2 fully saturated rings. The Morgan fingerprint density at radius 3 is 2.74 bits per heavy atom. The van der Waals surface area contributed by atoms with Gasteiger partial charge in [0.15, 0.2) is 0 Å². The molecule has 11 heteroatoms. The first-order valence-corrected chi connectivity index (χ1v) is 11.9. The van der Waals surface area contributed by atoms with Crippen LogP contribution in [0.25, 0.3) is 17.5 Å². The Hall–Kier alpha value is -3.57. The zero-order chi connectivity index (χ0) is 23.3. The number of carbonyl (C=O) groups excluding carboxylic acids is 2. The second kappa shape index (κ2) is 10.1. The van der Waals surface area contributed by atoms with E-state index in [1.807, 2.05) is 18.3 Å². The SMILES string of the molecule is O=C1NC(=O)/C(=C/c2ccnc(N3CCC(CNCc4ccnc(-c5ccn[nH]5)c4)CC3)n2)S1. The highest BCUT2D eigenvalue weighted by Crippen LogP contribution is 2.26. The Labute approximate surface area is 200 Å². The maximum Gasteiger partial charge on any atom is 0.290 e. The van der Waals surface area contributed by atoms with Crippen LogP contribution in [0.15, 0.2) is 47.8 Å². The summed E-state index contributed by atoms with van der Waals surface area (Å²) in [5.74, 6) is 0.853. The first kappa shape index (κ1) is 22.2. The van der Waals surface area contributed by atoms with Crippen molar-refractivity contribution < 1.29 is 9.59 Å². The molecule has 5 rings (SSSR count). The van der Waals surface area contributed by atoms with Gasteiger partial charge in [0.1, 0.15) is 0 Å². The number of amides is 2. The van der Waals surface area contributed by atoms with Gasteiger partial charge in [-0.05, 0) is 73.0 Å². The molecule has 2 amide bonds. The van der Waals surface area contributed by atoms with Crippen LogP contribution in [0.2, 0.25) is 0 Å². The third-order valence-electron chi connectivity index (χ3n) is 5.85. The van der Waals surface area contributed by atoms with Gasteiger partial charge >= 0.3 is 0 Å². The zero-order valence-corrected chi connectivity index (χ0v) is 19.2. The Bertz CT molecular complexity index is 1210. The summed E-state index contributed by atoms with van der Waals surface area (Å²) in [6.45, 7) is 3.49. The first-order valence-electron chi connectivity index (χ1n) is 11.1. The molecule has 34 heavy (non-hydrogen) atoms. The number of nitrogens with one attached hydrogen (secondary N) is 3. The van der Waals surface area contributed by atoms with E-state index in [2.05, 4.69) is 46.7 Å². The topological polar surface area (TPSA) is 129 Å². The Morgan fingerprint density at radius 1 is 1.12 bits per heavy atom. The number of pyridine rings is 1. The second-order valence-electron chi connectivity index (χ2n) is 8.21. The highest BCUT2D eigenvalue weighted by molar-refractivity contribution is 8.18. The number of carbonyl (C=O) groups is 2. The fourth-order valence-corrected chi connectivity index (χ4v) is 4.70. The van der Waals surface area contributed by atoms with Crippen molar-refractivity contribution in [2.75, 3.05) is 24.5 Å². The van der Waals surface area contributed by atoms with E-state index in [1.54, 1.807) is 24.5 Å². The van der Waals surface area contributed by atoms with E-state index in [-0.39, 0.29) is 11.1 Å². The summed E-state index contributed by atoms with van der Waals surface area (Å²) in [6.07, 6.45) is 8.96. The van der Waals surface area contributed by atoms with Crippen molar-refractivity contribution in [3.05, 3.63) is 59.0 Å². The molecule has 0 aromatic carbocycles. The molecule has 2 aliphatic rings. The molecule has 3 N–H and O–H groups in total. The molecule has 0 saturated carbocycles. The van der Waals surface area contributed by atoms with Crippen molar-refractivity contribution in [1.29, 1.82) is 0 Å². The minimum atomic E-state index is -0.382. The molecule has 2 aliphatic heterocycles. The van der Waals surface area contributed by atoms with Crippen molar-refractivity contribution >= 4 is 34.9 Å². The predicted octanol–water partition coefficient (Wildman–Crippen LogP) is 2.59. The van der Waals surface area contributed by atoms with Gasteiger partial charge in [0, 0.05) is 38.2 Å². The van der Waals surface area contributed by atoms with Crippen LogP contribution in [0.1, 0.15) is 24.1 Å². The van der Waals surface area contributed by atoms with Gasteiger partial charge in [-0.15, -0.1) is 0 Å². The summed E-state index contributed by atoms with van der Waals surface area (Å²) < 4.78 is 0. The number of imide groups is 1. The number of aromatic amines is 1. The third kappa shape index (κ3) is 5.32. The normalized spacial score (nSPS) is 18.0. The number of anilines is 1. The lowest BCUT2D eigenvalue weighted by Crippen LogP contribution is -2.38. The number of piperidine rings is 1. The summed E-state index contributed by atoms with van der Waals surface area (Å²) in [5.41, 5.74) is 3.61. The third-order valence-corrected chi connectivity index (χ3v) is 6.66. The molecule has 5 heterocycles. The lowest BCUT2D eigenvalue weighted by atomic mass is 9.97. The van der Waals surface area contributed by atoms with Crippen LogP contribution >= 0.6 is 11.8 Å². The number of H-pyrrole nitrogens is 1. The zero-order valence-electron chi connectivity index (χ0n) is 18.4. The number of hydrogen-bond acceptors (Lipinski definition) is 9. The maximum absolute atomic E-state index is 11.8. The molecule has 0 bridgehead atoms. The molecular weight excluding hydrogens is 452 g/mol. The van der Waals surface area contributed by atoms with Crippen LogP contribution in [0.4, 0.5) is 10.7 Å². The van der Waals surface area contributed by atoms with Gasteiger partial charge in [0.2, 0.25) is 5.95 Å². The standard InChI is InChI=1S/C23H24N8O2S/c32-21-20(34-23(33)29-21)12-17-2-7-26-22(28-17)31-9-4-15(5-10-31)13-24-14-16-1-6-25-19(11-16)18-3-8-27-30-18/h1-3,6-8,11-12,15,24H,4-5,9-10,13-14H2,(H,27,30)(H,29,32,33)/b20-12-. The molecule has 3 aromatic heterocycles. The lowest BCUT2D eigenvalue weighted by molar-refractivity contribution is -0.115. The molecule has 0 radical (unpaired) electrons. The van der Waals surface area contributed by atoms with Crippen molar-refractivity contribution in [2.45, 2.75) is 19.4 Å². The van der Waals surface area contributed by atoms with Crippen molar-refractivity contribution in [3.63, 3.8) is 0 Å². The number of aromatic nitrogens is 5. The van der Waals surface area contributed by atoms with E-state index < -0.39 is 0 Å². The maximum atomic E-state index is 11.8. The Kier molecular flexibility index (Phi) is 6.63. The van der Waals surface area contributed by atoms with Gasteiger partial charge in [-0.3, -0.25) is 25.0 Å².